The van der Waals surface area contributed by atoms with E-state index in [4.69, 9.17) is 16.2 Å². The monoisotopic (exact) mass is 337 g/mol. The van der Waals surface area contributed by atoms with Crippen LogP contribution in [0.15, 0.2) is 18.2 Å². The molecule has 0 heterocycles. The second kappa shape index (κ2) is 9.71. The molecule has 0 fully saturated rings. The number of nitrogens with two attached hydrogens (primary N) is 2. The average molecular weight is 338 g/mol. The highest BCUT2D eigenvalue weighted by Crippen LogP contribution is 2.29. The number of ether oxygens (including phenoxy) is 1. The predicted molar refractivity (Wildman–Crippen MR) is 92.6 cm³/mol. The van der Waals surface area contributed by atoms with E-state index < -0.39 is 5.41 Å². The molecule has 5 nitrogen and oxygen atoms in total. The quantitative estimate of drug-likeness (QED) is 0.696. The van der Waals surface area contributed by atoms with Crippen LogP contribution >= 0.6 is 24.8 Å². The first-order chi connectivity index (χ1) is 9.02. The van der Waals surface area contributed by atoms with Crippen LogP contribution in [0.1, 0.15) is 26.7 Å². The molecule has 1 aromatic rings. The molecule has 0 aliphatic carbocycles. The molecule has 122 valence electrons. The highest BCUT2D eigenvalue weighted by Gasteiger charge is 2.33. The molecule has 5 N–H and O–H groups in total. The van der Waals surface area contributed by atoms with Gasteiger partial charge in [-0.3, -0.25) is 4.79 Å². The van der Waals surface area contributed by atoms with E-state index in [1.54, 1.807) is 25.3 Å². The van der Waals surface area contributed by atoms with E-state index in [9.17, 15) is 4.79 Å². The number of nitrogen functional groups attached to an aromatic ring is 1. The van der Waals surface area contributed by atoms with Crippen LogP contribution in [0.25, 0.3) is 0 Å². The molecular formula is C14H25Cl2N3O2. The Hall–Kier alpha value is -1.17. The molecule has 0 unspecified atom stereocenters. The second-order valence-corrected chi connectivity index (χ2v) is 4.60. The van der Waals surface area contributed by atoms with Gasteiger partial charge in [-0.15, -0.1) is 24.8 Å². The zero-order valence-electron chi connectivity index (χ0n) is 12.6. The Kier molecular flexibility index (Phi) is 10.2. The zero-order chi connectivity index (χ0) is 14.5. The van der Waals surface area contributed by atoms with Crippen molar-refractivity contribution >= 4 is 42.1 Å². The summed E-state index contributed by atoms with van der Waals surface area (Å²) in [6.07, 6.45) is 1.41. The Morgan fingerprint density at radius 2 is 1.86 bits per heavy atom. The van der Waals surface area contributed by atoms with Crippen molar-refractivity contribution in [1.29, 1.82) is 0 Å². The maximum atomic E-state index is 12.3. The summed E-state index contributed by atoms with van der Waals surface area (Å²) < 4.78 is 5.08. The molecule has 0 atom stereocenters. The number of hydrogen-bond acceptors (Lipinski definition) is 4. The fourth-order valence-electron chi connectivity index (χ4n) is 2.03. The summed E-state index contributed by atoms with van der Waals surface area (Å²) >= 11 is 0. The van der Waals surface area contributed by atoms with Crippen molar-refractivity contribution in [2.75, 3.05) is 24.7 Å². The number of carbonyl (C=O) groups is 1. The number of methoxy groups -OCH3 is 1. The minimum Gasteiger partial charge on any atom is -0.495 e. The van der Waals surface area contributed by atoms with Crippen LogP contribution < -0.4 is 21.5 Å². The van der Waals surface area contributed by atoms with Gasteiger partial charge in [-0.1, -0.05) is 13.8 Å². The number of hydrogen-bond donors (Lipinski definition) is 3. The Bertz CT molecular complexity index is 444. The largest absolute Gasteiger partial charge is 0.495 e. The van der Waals surface area contributed by atoms with Gasteiger partial charge in [-0.2, -0.15) is 0 Å². The first kappa shape index (κ1) is 22.1. The highest BCUT2D eigenvalue weighted by atomic mass is 35.5. The summed E-state index contributed by atoms with van der Waals surface area (Å²) in [6.45, 7) is 4.27. The van der Waals surface area contributed by atoms with E-state index in [0.29, 0.717) is 36.5 Å². The average Bonchev–Trinajstić information content (AvgIpc) is 2.41. The Morgan fingerprint density at radius 1 is 1.29 bits per heavy atom. The molecule has 0 bridgehead atoms. The Balaban J connectivity index is 0. The van der Waals surface area contributed by atoms with E-state index in [1.807, 2.05) is 13.8 Å². The van der Waals surface area contributed by atoms with Crippen LogP contribution in [-0.2, 0) is 4.79 Å². The predicted octanol–water partition coefficient (Wildman–Crippen LogP) is 2.82. The molecule has 0 aliphatic heterocycles. The molecule has 0 aromatic heterocycles. The van der Waals surface area contributed by atoms with Gasteiger partial charge < -0.3 is 21.5 Å². The molecule has 0 radical (unpaired) electrons. The fraction of sp³-hybridized carbons (Fsp3) is 0.500. The van der Waals surface area contributed by atoms with Crippen molar-refractivity contribution in [3.05, 3.63) is 18.2 Å². The molecule has 1 rings (SSSR count). The lowest BCUT2D eigenvalue weighted by atomic mass is 9.81. The van der Waals surface area contributed by atoms with Crippen LogP contribution in [0.2, 0.25) is 0 Å². The van der Waals surface area contributed by atoms with Gasteiger partial charge in [0.2, 0.25) is 5.91 Å². The lowest BCUT2D eigenvalue weighted by molar-refractivity contribution is -0.125. The standard InChI is InChI=1S/C14H23N3O2.2ClH/c1-4-14(5-2,9-15)13(18)17-10-6-7-12(19-3)11(16)8-10;;/h6-8H,4-5,9,15-16H2,1-3H3,(H,17,18);2*1H. The Labute approximate surface area is 138 Å². The van der Waals surface area contributed by atoms with Gasteiger partial charge in [0.1, 0.15) is 5.75 Å². The summed E-state index contributed by atoms with van der Waals surface area (Å²) in [5.74, 6) is 0.527. The van der Waals surface area contributed by atoms with Crippen molar-refractivity contribution in [2.45, 2.75) is 26.7 Å². The number of nitrogens with one attached hydrogen (secondary N) is 1. The summed E-state index contributed by atoms with van der Waals surface area (Å²) in [6, 6.07) is 5.18. The molecule has 0 saturated heterocycles. The van der Waals surface area contributed by atoms with Gasteiger partial charge in [-0.05, 0) is 31.0 Å². The van der Waals surface area contributed by atoms with Gasteiger partial charge in [0.15, 0.2) is 0 Å². The van der Waals surface area contributed by atoms with E-state index in [1.165, 1.54) is 0 Å². The van der Waals surface area contributed by atoms with Crippen LogP contribution in [-0.4, -0.2) is 19.6 Å². The van der Waals surface area contributed by atoms with Crippen LogP contribution in [0.3, 0.4) is 0 Å². The number of halogens is 2. The van der Waals surface area contributed by atoms with Gasteiger partial charge in [-0.25, -0.2) is 0 Å². The lowest BCUT2D eigenvalue weighted by Gasteiger charge is -2.28. The summed E-state index contributed by atoms with van der Waals surface area (Å²) in [7, 11) is 1.55. The fourth-order valence-corrected chi connectivity index (χ4v) is 2.03. The molecule has 1 amide bonds. The van der Waals surface area contributed by atoms with Crippen molar-refractivity contribution in [1.82, 2.24) is 0 Å². The maximum Gasteiger partial charge on any atom is 0.231 e. The summed E-state index contributed by atoms with van der Waals surface area (Å²) in [5.41, 5.74) is 12.2. The molecule has 1 aromatic carbocycles. The number of anilines is 2. The van der Waals surface area contributed by atoms with Crippen LogP contribution in [0.4, 0.5) is 11.4 Å². The maximum absolute atomic E-state index is 12.3. The normalized spacial score (nSPS) is 10.1. The third-order valence-corrected chi connectivity index (χ3v) is 3.71. The molecular weight excluding hydrogens is 313 g/mol. The first-order valence-electron chi connectivity index (χ1n) is 6.48. The van der Waals surface area contributed by atoms with E-state index >= 15 is 0 Å². The minimum atomic E-state index is -0.519. The van der Waals surface area contributed by atoms with Crippen molar-refractivity contribution in [3.8, 4) is 5.75 Å². The number of amides is 1. The summed E-state index contributed by atoms with van der Waals surface area (Å²) in [5, 5.41) is 2.87. The zero-order valence-corrected chi connectivity index (χ0v) is 14.3. The Morgan fingerprint density at radius 3 is 2.24 bits per heavy atom. The molecule has 0 saturated carbocycles. The van der Waals surface area contributed by atoms with Crippen LogP contribution in [0.5, 0.6) is 5.75 Å². The van der Waals surface area contributed by atoms with Gasteiger partial charge >= 0.3 is 0 Å². The minimum absolute atomic E-state index is 0. The van der Waals surface area contributed by atoms with Crippen LogP contribution in [0, 0.1) is 5.41 Å². The van der Waals surface area contributed by atoms with E-state index in [0.717, 1.165) is 0 Å². The van der Waals surface area contributed by atoms with Crippen molar-refractivity contribution in [2.24, 2.45) is 11.1 Å². The number of rotatable bonds is 6. The summed E-state index contributed by atoms with van der Waals surface area (Å²) in [4.78, 5) is 12.3. The second-order valence-electron chi connectivity index (χ2n) is 4.60. The third-order valence-electron chi connectivity index (χ3n) is 3.71. The topological polar surface area (TPSA) is 90.4 Å². The number of carbonyl (C=O) groups excluding carboxylic acids is 1. The third kappa shape index (κ3) is 4.95. The molecule has 0 spiro atoms. The molecule has 7 heteroatoms. The smallest absolute Gasteiger partial charge is 0.231 e. The van der Waals surface area contributed by atoms with Gasteiger partial charge in [0.25, 0.3) is 0 Å². The van der Waals surface area contributed by atoms with Crippen molar-refractivity contribution < 1.29 is 9.53 Å². The molecule has 0 aliphatic rings. The van der Waals surface area contributed by atoms with E-state index in [2.05, 4.69) is 5.32 Å². The number of benzene rings is 1. The lowest BCUT2D eigenvalue weighted by Crippen LogP contribution is -2.41. The van der Waals surface area contributed by atoms with E-state index in [-0.39, 0.29) is 30.7 Å². The van der Waals surface area contributed by atoms with Gasteiger partial charge in [0.05, 0.1) is 18.2 Å². The van der Waals surface area contributed by atoms with Gasteiger partial charge in [0, 0.05) is 12.2 Å². The van der Waals surface area contributed by atoms with Crippen molar-refractivity contribution in [3.63, 3.8) is 0 Å². The SMILES string of the molecule is CCC(CC)(CN)C(=O)Nc1ccc(OC)c(N)c1.Cl.Cl. The highest BCUT2D eigenvalue weighted by molar-refractivity contribution is 5.96. The molecule has 21 heavy (non-hydrogen) atoms. The first-order valence-corrected chi connectivity index (χ1v) is 6.48.